The second-order valence-electron chi connectivity index (χ2n) is 6.35. The Morgan fingerprint density at radius 3 is 2.39 bits per heavy atom. The van der Waals surface area contributed by atoms with Crippen LogP contribution >= 0.6 is 0 Å². The highest BCUT2D eigenvalue weighted by atomic mass is 32.2. The van der Waals surface area contributed by atoms with Crippen LogP contribution in [-0.2, 0) is 9.84 Å². The summed E-state index contributed by atoms with van der Waals surface area (Å²) < 4.78 is 23.3. The first-order chi connectivity index (χ1) is 8.47. The van der Waals surface area contributed by atoms with Gasteiger partial charge in [-0.05, 0) is 38.0 Å². The number of sulfone groups is 1. The van der Waals surface area contributed by atoms with Crippen molar-refractivity contribution >= 4 is 9.84 Å². The van der Waals surface area contributed by atoms with Crippen molar-refractivity contribution in [1.82, 2.24) is 5.32 Å². The van der Waals surface area contributed by atoms with Crippen LogP contribution in [0.25, 0.3) is 0 Å². The molecule has 0 bridgehead atoms. The zero-order valence-corrected chi connectivity index (χ0v) is 12.5. The Hall–Kier alpha value is -0.0900. The Morgan fingerprint density at radius 1 is 1.00 bits per heavy atom. The Balaban J connectivity index is 1.89. The zero-order chi connectivity index (χ0) is 13.2. The van der Waals surface area contributed by atoms with Gasteiger partial charge in [0.2, 0.25) is 0 Å². The zero-order valence-electron chi connectivity index (χ0n) is 11.7. The van der Waals surface area contributed by atoms with Gasteiger partial charge in [0, 0.05) is 18.3 Å². The average Bonchev–Trinajstić information content (AvgIpc) is 2.31. The van der Waals surface area contributed by atoms with Gasteiger partial charge in [-0.1, -0.05) is 26.2 Å². The smallest absolute Gasteiger partial charge is 0.150 e. The molecule has 1 N–H and O–H groups in total. The average molecular weight is 273 g/mol. The molecule has 4 unspecified atom stereocenters. The lowest BCUT2D eigenvalue weighted by Gasteiger charge is -2.36. The summed E-state index contributed by atoms with van der Waals surface area (Å²) in [6, 6.07) is 1.03. The lowest BCUT2D eigenvalue weighted by atomic mass is 9.84. The highest BCUT2D eigenvalue weighted by molar-refractivity contribution is 7.91. The number of rotatable bonds is 3. The van der Waals surface area contributed by atoms with Crippen LogP contribution in [0.5, 0.6) is 0 Å². The summed E-state index contributed by atoms with van der Waals surface area (Å²) >= 11 is 0. The van der Waals surface area contributed by atoms with Crippen LogP contribution in [-0.4, -0.2) is 32.0 Å². The van der Waals surface area contributed by atoms with Crippen LogP contribution in [0.15, 0.2) is 0 Å². The predicted molar refractivity (Wildman–Crippen MR) is 75.4 cm³/mol. The monoisotopic (exact) mass is 273 g/mol. The summed E-state index contributed by atoms with van der Waals surface area (Å²) in [6.45, 7) is 2.33. The van der Waals surface area contributed by atoms with Crippen LogP contribution in [0.1, 0.15) is 58.3 Å². The van der Waals surface area contributed by atoms with Gasteiger partial charge in [-0.15, -0.1) is 0 Å². The summed E-state index contributed by atoms with van der Waals surface area (Å²) in [5.41, 5.74) is 0. The molecule has 0 radical (unpaired) electrons. The van der Waals surface area contributed by atoms with Crippen LogP contribution in [0.2, 0.25) is 0 Å². The Kier molecular flexibility index (Phi) is 4.70. The first-order valence-electron chi connectivity index (χ1n) is 7.41. The van der Waals surface area contributed by atoms with E-state index in [4.69, 9.17) is 0 Å². The quantitative estimate of drug-likeness (QED) is 0.859. The van der Waals surface area contributed by atoms with E-state index in [1.807, 2.05) is 0 Å². The molecule has 0 aromatic heterocycles. The molecule has 2 saturated carbocycles. The van der Waals surface area contributed by atoms with Crippen molar-refractivity contribution < 1.29 is 8.42 Å². The molecule has 4 heteroatoms. The number of hydrogen-bond acceptors (Lipinski definition) is 3. The second-order valence-corrected chi connectivity index (χ2v) is 8.68. The molecule has 0 aromatic rings. The van der Waals surface area contributed by atoms with Crippen molar-refractivity contribution in [3.8, 4) is 0 Å². The van der Waals surface area contributed by atoms with E-state index in [0.717, 1.165) is 31.6 Å². The van der Waals surface area contributed by atoms with E-state index in [9.17, 15) is 8.42 Å². The van der Waals surface area contributed by atoms with Gasteiger partial charge in [-0.3, -0.25) is 0 Å². The maximum absolute atomic E-state index is 11.7. The van der Waals surface area contributed by atoms with E-state index < -0.39 is 9.84 Å². The fourth-order valence-corrected chi connectivity index (χ4v) is 4.73. The molecule has 2 rings (SSSR count). The van der Waals surface area contributed by atoms with Gasteiger partial charge < -0.3 is 5.32 Å². The van der Waals surface area contributed by atoms with Crippen LogP contribution in [0, 0.1) is 5.92 Å². The van der Waals surface area contributed by atoms with E-state index >= 15 is 0 Å². The van der Waals surface area contributed by atoms with Crippen molar-refractivity contribution in [1.29, 1.82) is 0 Å². The Labute approximate surface area is 112 Å². The predicted octanol–water partition coefficient (Wildman–Crippen LogP) is 2.51. The van der Waals surface area contributed by atoms with Crippen molar-refractivity contribution in [2.75, 3.05) is 6.26 Å². The fraction of sp³-hybridized carbons (Fsp3) is 1.00. The Bertz CT molecular complexity index is 366. The molecule has 4 atom stereocenters. The van der Waals surface area contributed by atoms with E-state index in [-0.39, 0.29) is 5.25 Å². The standard InChI is InChI=1S/C14H27NO2S/c1-11-6-3-4-9-14(11)15-12-7-5-8-13(10-12)18(2,16)17/h11-15H,3-10H2,1-2H3. The highest BCUT2D eigenvalue weighted by Gasteiger charge is 2.31. The SMILES string of the molecule is CC1CCCCC1NC1CCCC(S(C)(=O)=O)C1. The fourth-order valence-electron chi connectivity index (χ4n) is 3.55. The third kappa shape index (κ3) is 3.70. The summed E-state index contributed by atoms with van der Waals surface area (Å²) in [4.78, 5) is 0. The third-order valence-electron chi connectivity index (χ3n) is 4.79. The molecule has 0 aliphatic heterocycles. The molecule has 18 heavy (non-hydrogen) atoms. The number of nitrogens with one attached hydrogen (secondary N) is 1. The van der Waals surface area contributed by atoms with Crippen LogP contribution < -0.4 is 5.32 Å². The molecule has 106 valence electrons. The highest BCUT2D eigenvalue weighted by Crippen LogP contribution is 2.28. The molecule has 0 spiro atoms. The van der Waals surface area contributed by atoms with E-state index in [1.54, 1.807) is 0 Å². The van der Waals surface area contributed by atoms with Crippen LogP contribution in [0.3, 0.4) is 0 Å². The van der Waals surface area contributed by atoms with Crippen LogP contribution in [0.4, 0.5) is 0 Å². The summed E-state index contributed by atoms with van der Waals surface area (Å²) in [5, 5.41) is 3.64. The van der Waals surface area contributed by atoms with Gasteiger partial charge in [0.05, 0.1) is 5.25 Å². The lowest BCUT2D eigenvalue weighted by Crippen LogP contribution is -2.47. The first-order valence-corrected chi connectivity index (χ1v) is 9.37. The topological polar surface area (TPSA) is 46.2 Å². The molecule has 2 aliphatic rings. The minimum atomic E-state index is -2.85. The Morgan fingerprint density at radius 2 is 1.72 bits per heavy atom. The van der Waals surface area contributed by atoms with E-state index in [2.05, 4.69) is 12.2 Å². The third-order valence-corrected chi connectivity index (χ3v) is 6.43. The molecule has 0 saturated heterocycles. The van der Waals surface area contributed by atoms with Crippen molar-refractivity contribution in [3.63, 3.8) is 0 Å². The molecular weight excluding hydrogens is 246 g/mol. The lowest BCUT2D eigenvalue weighted by molar-refractivity contribution is 0.235. The maximum Gasteiger partial charge on any atom is 0.150 e. The number of hydrogen-bond donors (Lipinski definition) is 1. The second kappa shape index (κ2) is 5.91. The first kappa shape index (κ1) is 14.3. The minimum Gasteiger partial charge on any atom is -0.311 e. The van der Waals surface area contributed by atoms with E-state index in [1.165, 1.54) is 31.9 Å². The summed E-state index contributed by atoms with van der Waals surface area (Å²) in [5.74, 6) is 0.748. The van der Waals surface area contributed by atoms with Crippen molar-refractivity contribution in [2.45, 2.75) is 75.6 Å². The van der Waals surface area contributed by atoms with Gasteiger partial charge in [0.1, 0.15) is 9.84 Å². The van der Waals surface area contributed by atoms with Crippen molar-refractivity contribution in [3.05, 3.63) is 0 Å². The normalized spacial score (nSPS) is 38.6. The molecule has 3 nitrogen and oxygen atoms in total. The molecule has 0 amide bonds. The minimum absolute atomic E-state index is 0.109. The van der Waals surface area contributed by atoms with Crippen molar-refractivity contribution in [2.24, 2.45) is 5.92 Å². The summed E-state index contributed by atoms with van der Waals surface area (Å²) in [7, 11) is -2.85. The molecule has 2 aliphatic carbocycles. The summed E-state index contributed by atoms with van der Waals surface area (Å²) in [6.07, 6.45) is 10.5. The van der Waals surface area contributed by atoms with E-state index in [0.29, 0.717) is 12.1 Å². The van der Waals surface area contributed by atoms with Gasteiger partial charge in [-0.25, -0.2) is 8.42 Å². The van der Waals surface area contributed by atoms with Gasteiger partial charge in [-0.2, -0.15) is 0 Å². The van der Waals surface area contributed by atoms with Gasteiger partial charge in [0.25, 0.3) is 0 Å². The molecular formula is C14H27NO2S. The molecule has 0 aromatic carbocycles. The largest absolute Gasteiger partial charge is 0.311 e. The molecule has 2 fully saturated rings. The molecule has 0 heterocycles. The van der Waals surface area contributed by atoms with Gasteiger partial charge >= 0.3 is 0 Å². The van der Waals surface area contributed by atoms with Gasteiger partial charge in [0.15, 0.2) is 0 Å². The maximum atomic E-state index is 11.7.